The van der Waals surface area contributed by atoms with Crippen LogP contribution in [0.2, 0.25) is 0 Å². The molecular weight excluding hydrogens is 442 g/mol. The van der Waals surface area contributed by atoms with Gasteiger partial charge < -0.3 is 15.4 Å². The normalized spacial score (nSPS) is 14.6. The van der Waals surface area contributed by atoms with E-state index in [1.54, 1.807) is 36.5 Å². The van der Waals surface area contributed by atoms with Gasteiger partial charge in [-0.15, -0.1) is 12.4 Å². The third-order valence-corrected chi connectivity index (χ3v) is 6.75. The van der Waals surface area contributed by atoms with E-state index < -0.39 is 10.0 Å². The van der Waals surface area contributed by atoms with Crippen LogP contribution in [0.15, 0.2) is 41.4 Å². The smallest absolute Gasteiger partial charge is 0.243 e. The Morgan fingerprint density at radius 1 is 1.13 bits per heavy atom. The molecule has 3 N–H and O–H groups in total. The standard InChI is InChI=1S/C19H23N7O3S.ClH/c1-13-14(2)24-25-18(13)22-17-6-7-20-19(23-17)21-15-4-3-5-16(12-15)30(27,28)26-8-10-29-11-9-26;/h3-7,12H,8-11H2,1-2H3,(H3,20,21,22,23,24,25);1H. The average molecular weight is 466 g/mol. The summed E-state index contributed by atoms with van der Waals surface area (Å²) in [5.74, 6) is 1.60. The highest BCUT2D eigenvalue weighted by Crippen LogP contribution is 2.23. The highest BCUT2D eigenvalue weighted by molar-refractivity contribution is 7.89. The number of rotatable bonds is 6. The number of nitrogens with one attached hydrogen (secondary N) is 3. The Bertz CT molecular complexity index is 1150. The second-order valence-electron chi connectivity index (χ2n) is 6.88. The molecule has 12 heteroatoms. The Balaban J connectivity index is 0.00000272. The fourth-order valence-corrected chi connectivity index (χ4v) is 4.47. The minimum Gasteiger partial charge on any atom is -0.379 e. The zero-order chi connectivity index (χ0) is 21.1. The number of H-pyrrole nitrogens is 1. The first kappa shape index (κ1) is 22.9. The number of morpholine rings is 1. The highest BCUT2D eigenvalue weighted by atomic mass is 35.5. The van der Waals surface area contributed by atoms with Crippen LogP contribution >= 0.6 is 12.4 Å². The van der Waals surface area contributed by atoms with E-state index in [0.717, 1.165) is 11.3 Å². The summed E-state index contributed by atoms with van der Waals surface area (Å²) in [6, 6.07) is 8.34. The third-order valence-electron chi connectivity index (χ3n) is 4.85. The van der Waals surface area contributed by atoms with Crippen LogP contribution in [0, 0.1) is 13.8 Å². The monoisotopic (exact) mass is 465 g/mol. The number of hydrogen-bond acceptors (Lipinski definition) is 8. The van der Waals surface area contributed by atoms with Gasteiger partial charge in [-0.05, 0) is 38.1 Å². The van der Waals surface area contributed by atoms with E-state index in [1.165, 1.54) is 4.31 Å². The molecule has 0 unspecified atom stereocenters. The topological polar surface area (TPSA) is 125 Å². The molecular formula is C19H24ClN7O3S. The number of ether oxygens (including phenoxy) is 1. The molecule has 0 amide bonds. The van der Waals surface area contributed by atoms with Crippen molar-refractivity contribution in [3.63, 3.8) is 0 Å². The zero-order valence-electron chi connectivity index (χ0n) is 17.1. The fraction of sp³-hybridized carbons (Fsp3) is 0.316. The predicted octanol–water partition coefficient (Wildman–Crippen LogP) is 2.75. The lowest BCUT2D eigenvalue weighted by Crippen LogP contribution is -2.40. The summed E-state index contributed by atoms with van der Waals surface area (Å²) < 4.78 is 32.4. The summed E-state index contributed by atoms with van der Waals surface area (Å²) in [7, 11) is -3.58. The van der Waals surface area contributed by atoms with Crippen LogP contribution in [0.3, 0.4) is 0 Å². The van der Waals surface area contributed by atoms with Crippen molar-refractivity contribution >= 4 is 45.7 Å². The van der Waals surface area contributed by atoms with Gasteiger partial charge in [0.25, 0.3) is 0 Å². The van der Waals surface area contributed by atoms with Gasteiger partial charge in [0, 0.05) is 36.2 Å². The fourth-order valence-electron chi connectivity index (χ4n) is 3.02. The van der Waals surface area contributed by atoms with Gasteiger partial charge >= 0.3 is 0 Å². The van der Waals surface area contributed by atoms with Crippen molar-refractivity contribution in [3.05, 3.63) is 47.8 Å². The SMILES string of the molecule is Cc1[nH]nc(Nc2ccnc(Nc3cccc(S(=O)(=O)N4CCOCC4)c3)n2)c1C.Cl. The van der Waals surface area contributed by atoms with Crippen molar-refractivity contribution in [3.8, 4) is 0 Å². The maximum atomic E-state index is 12.9. The molecule has 1 aliphatic heterocycles. The number of aromatic amines is 1. The summed E-state index contributed by atoms with van der Waals surface area (Å²) in [4.78, 5) is 8.86. The molecule has 1 aromatic carbocycles. The lowest BCUT2D eigenvalue weighted by Gasteiger charge is -2.26. The number of sulfonamides is 1. The van der Waals surface area contributed by atoms with E-state index in [2.05, 4.69) is 30.8 Å². The lowest BCUT2D eigenvalue weighted by atomic mass is 10.3. The Morgan fingerprint density at radius 3 is 2.61 bits per heavy atom. The molecule has 1 fully saturated rings. The number of aromatic nitrogens is 4. The van der Waals surface area contributed by atoms with Crippen LogP contribution in [0.5, 0.6) is 0 Å². The lowest BCUT2D eigenvalue weighted by molar-refractivity contribution is 0.0730. The van der Waals surface area contributed by atoms with Crippen LogP contribution < -0.4 is 10.6 Å². The molecule has 10 nitrogen and oxygen atoms in total. The van der Waals surface area contributed by atoms with E-state index in [1.807, 2.05) is 13.8 Å². The van der Waals surface area contributed by atoms with Gasteiger partial charge in [-0.3, -0.25) is 5.10 Å². The van der Waals surface area contributed by atoms with Gasteiger partial charge in [-0.1, -0.05) is 6.07 Å². The van der Waals surface area contributed by atoms with Crippen LogP contribution in [0.1, 0.15) is 11.3 Å². The van der Waals surface area contributed by atoms with Crippen LogP contribution in [0.4, 0.5) is 23.3 Å². The molecule has 0 bridgehead atoms. The molecule has 1 saturated heterocycles. The number of aryl methyl sites for hydroxylation is 1. The first-order valence-electron chi connectivity index (χ1n) is 9.50. The molecule has 3 aromatic rings. The highest BCUT2D eigenvalue weighted by Gasteiger charge is 2.26. The number of halogens is 1. The van der Waals surface area contributed by atoms with Gasteiger partial charge in [-0.25, -0.2) is 13.4 Å². The van der Waals surface area contributed by atoms with E-state index in [0.29, 0.717) is 49.6 Å². The average Bonchev–Trinajstić information content (AvgIpc) is 3.07. The van der Waals surface area contributed by atoms with Gasteiger partial charge in [-0.2, -0.15) is 14.4 Å². The number of anilines is 4. The van der Waals surface area contributed by atoms with Gasteiger partial charge in [0.1, 0.15) is 5.82 Å². The molecule has 0 saturated carbocycles. The largest absolute Gasteiger partial charge is 0.379 e. The predicted molar refractivity (Wildman–Crippen MR) is 120 cm³/mol. The zero-order valence-corrected chi connectivity index (χ0v) is 18.8. The molecule has 1 aliphatic rings. The summed E-state index contributed by atoms with van der Waals surface area (Å²) >= 11 is 0. The van der Waals surface area contributed by atoms with Crippen molar-refractivity contribution < 1.29 is 13.2 Å². The van der Waals surface area contributed by atoms with Gasteiger partial charge in [0.15, 0.2) is 5.82 Å². The third kappa shape index (κ3) is 5.13. The first-order chi connectivity index (χ1) is 14.4. The summed E-state index contributed by atoms with van der Waals surface area (Å²) in [5.41, 5.74) is 2.56. The van der Waals surface area contributed by atoms with E-state index >= 15 is 0 Å². The number of benzene rings is 1. The Morgan fingerprint density at radius 2 is 1.90 bits per heavy atom. The van der Waals surface area contributed by atoms with Gasteiger partial charge in [0.05, 0.1) is 18.1 Å². The van der Waals surface area contributed by atoms with Crippen LogP contribution in [-0.4, -0.2) is 59.2 Å². The second-order valence-corrected chi connectivity index (χ2v) is 8.82. The first-order valence-corrected chi connectivity index (χ1v) is 10.9. The summed E-state index contributed by atoms with van der Waals surface area (Å²) in [6.45, 7) is 5.41. The van der Waals surface area contributed by atoms with Crippen molar-refractivity contribution in [2.24, 2.45) is 0 Å². The molecule has 0 aliphatic carbocycles. The van der Waals surface area contributed by atoms with E-state index in [4.69, 9.17) is 4.74 Å². The minimum absolute atomic E-state index is 0. The van der Waals surface area contributed by atoms with Crippen molar-refractivity contribution in [2.75, 3.05) is 36.9 Å². The van der Waals surface area contributed by atoms with Crippen molar-refractivity contribution in [1.82, 2.24) is 24.5 Å². The Labute approximate surface area is 186 Å². The second kappa shape index (κ2) is 9.60. The molecule has 3 heterocycles. The number of nitrogens with zero attached hydrogens (tertiary/aromatic N) is 4. The van der Waals surface area contributed by atoms with Gasteiger partial charge in [0.2, 0.25) is 16.0 Å². The minimum atomic E-state index is -3.58. The van der Waals surface area contributed by atoms with Crippen LogP contribution in [-0.2, 0) is 14.8 Å². The molecule has 166 valence electrons. The van der Waals surface area contributed by atoms with Crippen LogP contribution in [0.25, 0.3) is 0 Å². The molecule has 31 heavy (non-hydrogen) atoms. The van der Waals surface area contributed by atoms with E-state index in [-0.39, 0.29) is 17.3 Å². The summed E-state index contributed by atoms with van der Waals surface area (Å²) in [5, 5.41) is 13.3. The molecule has 4 rings (SSSR count). The molecule has 0 radical (unpaired) electrons. The maximum Gasteiger partial charge on any atom is 0.243 e. The Hall–Kier alpha value is -2.73. The Kier molecular flexibility index (Phi) is 7.11. The number of hydrogen-bond donors (Lipinski definition) is 3. The molecule has 2 aromatic heterocycles. The molecule has 0 spiro atoms. The summed E-state index contributed by atoms with van der Waals surface area (Å²) in [6.07, 6.45) is 1.61. The van der Waals surface area contributed by atoms with Crippen molar-refractivity contribution in [2.45, 2.75) is 18.7 Å². The quantitative estimate of drug-likeness (QED) is 0.507. The van der Waals surface area contributed by atoms with E-state index in [9.17, 15) is 8.42 Å². The maximum absolute atomic E-state index is 12.9. The molecule has 0 atom stereocenters. The van der Waals surface area contributed by atoms with Crippen molar-refractivity contribution in [1.29, 1.82) is 0 Å².